The number of nitrogens with one attached hydrogen (secondary N) is 3. The van der Waals surface area contributed by atoms with Crippen LogP contribution >= 0.6 is 0 Å². The number of aromatic nitrogens is 1. The highest BCUT2D eigenvalue weighted by Gasteiger charge is 2.24. The van der Waals surface area contributed by atoms with Crippen LogP contribution in [0, 0.1) is 13.8 Å². The molecule has 8 heteroatoms. The number of aryl methyl sites for hydroxylation is 1. The molecule has 3 N–H and O–H groups in total. The van der Waals surface area contributed by atoms with Crippen molar-refractivity contribution in [1.29, 1.82) is 0 Å². The molecule has 1 aromatic heterocycles. The summed E-state index contributed by atoms with van der Waals surface area (Å²) in [5, 5.41) is 9.36. The van der Waals surface area contributed by atoms with Crippen molar-refractivity contribution in [2.75, 3.05) is 20.2 Å². The minimum absolute atomic E-state index is 0.414. The summed E-state index contributed by atoms with van der Waals surface area (Å²) in [5.41, 5.74) is 1.77. The maximum atomic E-state index is 12.1. The molecule has 0 aliphatic rings. The van der Waals surface area contributed by atoms with Gasteiger partial charge in [-0.2, -0.15) is 0 Å². The normalized spacial score (nSPS) is 12.4. The quantitative estimate of drug-likeness (QED) is 0.475. The number of guanidine groups is 1. The number of rotatable bonds is 7. The lowest BCUT2D eigenvalue weighted by molar-refractivity contribution is 0.0474. The molecular formula is C21H37N5O3. The summed E-state index contributed by atoms with van der Waals surface area (Å²) in [6, 6.07) is 0. The summed E-state index contributed by atoms with van der Waals surface area (Å²) >= 11 is 0. The summed E-state index contributed by atoms with van der Waals surface area (Å²) in [5.74, 6) is 1.48. The van der Waals surface area contributed by atoms with Crippen LogP contribution < -0.4 is 20.7 Å². The van der Waals surface area contributed by atoms with Gasteiger partial charge >= 0.3 is 6.09 Å². The number of nitrogens with zero attached hydrogens (tertiary/aromatic N) is 2. The maximum absolute atomic E-state index is 12.1. The minimum Gasteiger partial charge on any atom is -0.496 e. The number of hydrogen-bond donors (Lipinski definition) is 3. The second-order valence-corrected chi connectivity index (χ2v) is 8.61. The van der Waals surface area contributed by atoms with Crippen LogP contribution in [0.4, 0.5) is 4.79 Å². The first-order valence-corrected chi connectivity index (χ1v) is 9.91. The van der Waals surface area contributed by atoms with Crippen LogP contribution in [0.3, 0.4) is 0 Å². The monoisotopic (exact) mass is 407 g/mol. The van der Waals surface area contributed by atoms with Gasteiger partial charge in [0.25, 0.3) is 0 Å². The van der Waals surface area contributed by atoms with Crippen molar-refractivity contribution in [2.24, 2.45) is 4.99 Å². The average molecular weight is 408 g/mol. The molecule has 0 aromatic carbocycles. The number of aliphatic imine (C=N–C) groups is 1. The number of amides is 1. The molecule has 0 saturated heterocycles. The molecule has 1 heterocycles. The van der Waals surface area contributed by atoms with E-state index in [0.717, 1.165) is 29.1 Å². The topological polar surface area (TPSA) is 96.9 Å². The molecule has 29 heavy (non-hydrogen) atoms. The lowest BCUT2D eigenvalue weighted by atomic mass is 10.1. The summed E-state index contributed by atoms with van der Waals surface area (Å²) < 4.78 is 10.8. The second-order valence-electron chi connectivity index (χ2n) is 8.61. The number of alkyl carbamates (subject to hydrolysis) is 1. The van der Waals surface area contributed by atoms with Gasteiger partial charge in [-0.25, -0.2) is 9.79 Å². The summed E-state index contributed by atoms with van der Waals surface area (Å²) in [6.45, 7) is 16.9. The van der Waals surface area contributed by atoms with Gasteiger partial charge in [-0.3, -0.25) is 4.98 Å². The van der Waals surface area contributed by atoms with Gasteiger partial charge in [-0.15, -0.1) is 0 Å². The number of carbonyl (C=O) groups excluding carboxylic acids is 1. The van der Waals surface area contributed by atoms with Crippen LogP contribution in [-0.4, -0.2) is 48.4 Å². The smallest absolute Gasteiger partial charge is 0.408 e. The van der Waals surface area contributed by atoms with E-state index in [1.54, 1.807) is 13.3 Å². The van der Waals surface area contributed by atoms with Crippen LogP contribution in [0.1, 0.15) is 58.4 Å². The van der Waals surface area contributed by atoms with Gasteiger partial charge in [-0.05, 0) is 55.4 Å². The van der Waals surface area contributed by atoms with Gasteiger partial charge in [0.05, 0.1) is 24.9 Å². The molecule has 1 amide bonds. The summed E-state index contributed by atoms with van der Waals surface area (Å²) in [6.07, 6.45) is 1.35. The van der Waals surface area contributed by atoms with Crippen molar-refractivity contribution in [3.8, 4) is 5.75 Å². The molecule has 0 radical (unpaired) electrons. The van der Waals surface area contributed by atoms with Crippen LogP contribution in [0.15, 0.2) is 11.2 Å². The maximum Gasteiger partial charge on any atom is 0.408 e. The Hall–Kier alpha value is -2.51. The van der Waals surface area contributed by atoms with E-state index in [1.807, 2.05) is 55.4 Å². The standard InChI is InChI=1S/C21H37N5O3/c1-10-22-18(24-12-16-15(3)17(28-9)14(2)11-23-16)25-13-21(7,8)26-19(27)29-20(4,5)6/h11H,10,12-13H2,1-9H3,(H,26,27)(H2,22,24,25). The predicted molar refractivity (Wildman–Crippen MR) is 117 cm³/mol. The van der Waals surface area contributed by atoms with Crippen molar-refractivity contribution in [3.05, 3.63) is 23.0 Å². The molecule has 0 aliphatic carbocycles. The number of methoxy groups -OCH3 is 1. The van der Waals surface area contributed by atoms with Gasteiger partial charge < -0.3 is 25.4 Å². The summed E-state index contributed by atoms with van der Waals surface area (Å²) in [4.78, 5) is 21.2. The molecule has 0 spiro atoms. The second kappa shape index (κ2) is 10.3. The molecule has 0 fully saturated rings. The van der Waals surface area contributed by atoms with Gasteiger partial charge in [0.2, 0.25) is 0 Å². The Morgan fingerprint density at radius 1 is 1.17 bits per heavy atom. The van der Waals surface area contributed by atoms with Gasteiger partial charge in [0.1, 0.15) is 11.4 Å². The molecule has 0 aliphatic heterocycles. The van der Waals surface area contributed by atoms with E-state index in [1.165, 1.54) is 0 Å². The van der Waals surface area contributed by atoms with E-state index in [4.69, 9.17) is 9.47 Å². The molecule has 0 saturated carbocycles. The Kier molecular flexibility index (Phi) is 8.73. The van der Waals surface area contributed by atoms with E-state index in [2.05, 4.69) is 25.9 Å². The van der Waals surface area contributed by atoms with Crippen molar-refractivity contribution < 1.29 is 14.3 Å². The first-order chi connectivity index (χ1) is 13.4. The Morgan fingerprint density at radius 3 is 2.38 bits per heavy atom. The Morgan fingerprint density at radius 2 is 1.83 bits per heavy atom. The predicted octanol–water partition coefficient (Wildman–Crippen LogP) is 3.07. The van der Waals surface area contributed by atoms with E-state index >= 15 is 0 Å². The summed E-state index contributed by atoms with van der Waals surface area (Å²) in [7, 11) is 1.66. The molecule has 1 aromatic rings. The largest absolute Gasteiger partial charge is 0.496 e. The van der Waals surface area contributed by atoms with E-state index in [9.17, 15) is 4.79 Å². The van der Waals surface area contributed by atoms with Crippen molar-refractivity contribution in [2.45, 2.75) is 73.1 Å². The van der Waals surface area contributed by atoms with Crippen LogP contribution in [0.2, 0.25) is 0 Å². The molecular weight excluding hydrogens is 370 g/mol. The number of ether oxygens (including phenoxy) is 2. The molecule has 0 unspecified atom stereocenters. The molecule has 1 rings (SSSR count). The van der Waals surface area contributed by atoms with Crippen molar-refractivity contribution >= 4 is 12.1 Å². The number of hydrogen-bond acceptors (Lipinski definition) is 5. The van der Waals surface area contributed by atoms with Crippen molar-refractivity contribution in [3.63, 3.8) is 0 Å². The Balaban J connectivity index is 2.79. The Labute approximate surface area is 174 Å². The Bertz CT molecular complexity index is 724. The van der Waals surface area contributed by atoms with Crippen LogP contribution in [0.5, 0.6) is 5.75 Å². The first kappa shape index (κ1) is 24.5. The van der Waals surface area contributed by atoms with Crippen LogP contribution in [-0.2, 0) is 11.3 Å². The van der Waals surface area contributed by atoms with Gasteiger partial charge in [0.15, 0.2) is 5.96 Å². The molecule has 8 nitrogen and oxygen atoms in total. The van der Waals surface area contributed by atoms with E-state index in [-0.39, 0.29) is 0 Å². The lowest BCUT2D eigenvalue weighted by Gasteiger charge is -2.29. The highest BCUT2D eigenvalue weighted by atomic mass is 16.6. The molecule has 164 valence electrons. The number of pyridine rings is 1. The number of carbonyl (C=O) groups is 1. The fourth-order valence-electron chi connectivity index (χ4n) is 2.65. The minimum atomic E-state index is -0.538. The fourth-order valence-corrected chi connectivity index (χ4v) is 2.65. The third-order valence-corrected chi connectivity index (χ3v) is 4.02. The third kappa shape index (κ3) is 8.58. The molecule has 0 bridgehead atoms. The van der Waals surface area contributed by atoms with E-state index < -0.39 is 17.2 Å². The third-order valence-electron chi connectivity index (χ3n) is 4.02. The lowest BCUT2D eigenvalue weighted by Crippen LogP contribution is -2.54. The fraction of sp³-hybridized carbons (Fsp3) is 0.667. The van der Waals surface area contributed by atoms with Crippen molar-refractivity contribution in [1.82, 2.24) is 20.9 Å². The zero-order valence-corrected chi connectivity index (χ0v) is 19.3. The van der Waals surface area contributed by atoms with E-state index in [0.29, 0.717) is 19.0 Å². The van der Waals surface area contributed by atoms with Gasteiger partial charge in [-0.1, -0.05) is 0 Å². The zero-order chi connectivity index (χ0) is 22.2. The van der Waals surface area contributed by atoms with Gasteiger partial charge in [0, 0.05) is 30.4 Å². The highest BCUT2D eigenvalue weighted by molar-refractivity contribution is 5.80. The highest BCUT2D eigenvalue weighted by Crippen LogP contribution is 2.24. The first-order valence-electron chi connectivity index (χ1n) is 9.91. The SMILES string of the molecule is CCNC(=NCc1ncc(C)c(OC)c1C)NCC(C)(C)NC(=O)OC(C)(C)C. The molecule has 0 atom stereocenters. The average Bonchev–Trinajstić information content (AvgIpc) is 2.57. The van der Waals surface area contributed by atoms with Crippen LogP contribution in [0.25, 0.3) is 0 Å². The zero-order valence-electron chi connectivity index (χ0n) is 19.3.